The molecule has 0 aliphatic rings. The third-order valence-electron chi connectivity index (χ3n) is 4.21. The Balaban J connectivity index is 1.91. The summed E-state index contributed by atoms with van der Waals surface area (Å²) in [7, 11) is 1.48. The minimum atomic E-state index is -0.681. The van der Waals surface area contributed by atoms with E-state index < -0.39 is 23.7 Å². The van der Waals surface area contributed by atoms with Crippen LogP contribution in [0.4, 0.5) is 9.39 Å². The van der Waals surface area contributed by atoms with Crippen LogP contribution >= 0.6 is 11.3 Å². The highest BCUT2D eigenvalue weighted by atomic mass is 32.1. The Morgan fingerprint density at radius 2 is 1.94 bits per heavy atom. The van der Waals surface area contributed by atoms with Crippen LogP contribution in [0.1, 0.15) is 43.0 Å². The van der Waals surface area contributed by atoms with Crippen LogP contribution in [0.3, 0.4) is 0 Å². The summed E-state index contributed by atoms with van der Waals surface area (Å²) in [5.41, 5.74) is 0.782. The number of rotatable bonds is 8. The molecule has 0 saturated carbocycles. The van der Waals surface area contributed by atoms with Crippen molar-refractivity contribution in [3.63, 3.8) is 0 Å². The summed E-state index contributed by atoms with van der Waals surface area (Å²) in [6.07, 6.45) is 2.55. The van der Waals surface area contributed by atoms with Gasteiger partial charge in [0, 0.05) is 19.5 Å². The summed E-state index contributed by atoms with van der Waals surface area (Å²) in [5.74, 6) is -2.43. The van der Waals surface area contributed by atoms with Crippen molar-refractivity contribution < 1.29 is 33.0 Å². The third-order valence-corrected chi connectivity index (χ3v) is 5.39. The molecule has 0 aromatic carbocycles. The Morgan fingerprint density at radius 1 is 1.16 bits per heavy atom. The van der Waals surface area contributed by atoms with Gasteiger partial charge in [0.15, 0.2) is 0 Å². The molecule has 0 atom stereocenters. The molecule has 0 spiro atoms. The first-order chi connectivity index (χ1) is 14.8. The van der Waals surface area contributed by atoms with Crippen LogP contribution in [0.25, 0.3) is 5.65 Å². The number of fused-ring (bicyclic) bond motifs is 1. The largest absolute Gasteiger partial charge is 0.462 e. The topological polar surface area (TPSA) is 108 Å². The fourth-order valence-electron chi connectivity index (χ4n) is 2.77. The third kappa shape index (κ3) is 4.89. The fourth-order valence-corrected chi connectivity index (χ4v) is 3.85. The van der Waals surface area contributed by atoms with Crippen molar-refractivity contribution in [1.29, 1.82) is 0 Å². The Bertz CT molecular complexity index is 1140. The van der Waals surface area contributed by atoms with E-state index in [2.05, 4.69) is 10.3 Å². The molecule has 3 aromatic heterocycles. The van der Waals surface area contributed by atoms with Gasteiger partial charge in [-0.3, -0.25) is 4.79 Å². The van der Waals surface area contributed by atoms with E-state index in [9.17, 15) is 18.8 Å². The predicted molar refractivity (Wildman–Crippen MR) is 110 cm³/mol. The molecule has 3 heterocycles. The summed E-state index contributed by atoms with van der Waals surface area (Å²) in [4.78, 5) is 41.9. The van der Waals surface area contributed by atoms with Gasteiger partial charge in [-0.15, -0.1) is 11.3 Å². The molecule has 0 aliphatic heterocycles. The minimum absolute atomic E-state index is 0.00989. The molecule has 1 amide bonds. The lowest BCUT2D eigenvalue weighted by molar-refractivity contribution is 0.0392. The van der Waals surface area contributed by atoms with Crippen LogP contribution in [-0.4, -0.2) is 54.2 Å². The van der Waals surface area contributed by atoms with E-state index in [-0.39, 0.29) is 41.0 Å². The van der Waals surface area contributed by atoms with Crippen LogP contribution < -0.4 is 5.32 Å². The quantitative estimate of drug-likeness (QED) is 0.416. The molecule has 3 rings (SSSR count). The molecule has 0 unspecified atom stereocenters. The van der Waals surface area contributed by atoms with Crippen molar-refractivity contribution >= 4 is 39.8 Å². The molecule has 164 valence electrons. The molecule has 11 heteroatoms. The Labute approximate surface area is 180 Å². The SMILES string of the molecule is CCOC(=O)c1c(NC(=O)c2cn3cc(F)ccc3n2)sc(C(=O)OCCOC)c1C. The number of amides is 1. The van der Waals surface area contributed by atoms with E-state index in [1.807, 2.05) is 0 Å². The Morgan fingerprint density at radius 3 is 2.65 bits per heavy atom. The van der Waals surface area contributed by atoms with Crippen LogP contribution in [0, 0.1) is 12.7 Å². The number of ether oxygens (including phenoxy) is 3. The van der Waals surface area contributed by atoms with E-state index in [1.54, 1.807) is 13.8 Å². The van der Waals surface area contributed by atoms with Gasteiger partial charge < -0.3 is 23.9 Å². The van der Waals surface area contributed by atoms with Gasteiger partial charge in [0.1, 0.15) is 33.6 Å². The van der Waals surface area contributed by atoms with Crippen molar-refractivity contribution in [3.05, 3.63) is 52.0 Å². The molecule has 0 fully saturated rings. The molecule has 3 aromatic rings. The van der Waals surface area contributed by atoms with E-state index in [1.165, 1.54) is 36.0 Å². The number of nitrogens with zero attached hydrogens (tertiary/aromatic N) is 2. The van der Waals surface area contributed by atoms with Crippen molar-refractivity contribution in [3.8, 4) is 0 Å². The number of aromatic nitrogens is 2. The number of hydrogen-bond acceptors (Lipinski definition) is 8. The molecule has 1 N–H and O–H groups in total. The van der Waals surface area contributed by atoms with Gasteiger partial charge in [-0.1, -0.05) is 0 Å². The average molecular weight is 449 g/mol. The number of methoxy groups -OCH3 is 1. The monoisotopic (exact) mass is 449 g/mol. The number of carbonyl (C=O) groups excluding carboxylic acids is 3. The molecule has 31 heavy (non-hydrogen) atoms. The molecular weight excluding hydrogens is 429 g/mol. The number of halogens is 1. The zero-order chi connectivity index (χ0) is 22.5. The maximum atomic E-state index is 13.4. The first-order valence-corrected chi connectivity index (χ1v) is 10.1. The number of thiophene rings is 1. The molecular formula is C20H20FN3O6S. The number of imidazole rings is 1. The maximum Gasteiger partial charge on any atom is 0.348 e. The molecule has 0 aliphatic carbocycles. The van der Waals surface area contributed by atoms with Crippen LogP contribution in [0.2, 0.25) is 0 Å². The normalized spacial score (nSPS) is 10.8. The average Bonchev–Trinajstić information content (AvgIpc) is 3.29. The van der Waals surface area contributed by atoms with Crippen LogP contribution in [-0.2, 0) is 14.2 Å². The summed E-state index contributed by atoms with van der Waals surface area (Å²) in [6, 6.07) is 2.66. The lowest BCUT2D eigenvalue weighted by atomic mass is 10.1. The standard InChI is InChI=1S/C20H20FN3O6S/c1-4-29-19(26)15-11(2)16(20(27)30-8-7-28-3)31-18(15)23-17(25)13-10-24-9-12(21)5-6-14(24)22-13/h5-6,9-10H,4,7-8H2,1-3H3,(H,23,25). The van der Waals surface area contributed by atoms with Crippen LogP contribution in [0.5, 0.6) is 0 Å². The first kappa shape index (κ1) is 22.4. The van der Waals surface area contributed by atoms with Crippen molar-refractivity contribution in [2.75, 3.05) is 32.2 Å². The van der Waals surface area contributed by atoms with Gasteiger partial charge in [0.05, 0.1) is 18.8 Å². The zero-order valence-electron chi connectivity index (χ0n) is 17.1. The van der Waals surface area contributed by atoms with Gasteiger partial charge in [0.2, 0.25) is 0 Å². The zero-order valence-corrected chi connectivity index (χ0v) is 17.9. The molecule has 0 bridgehead atoms. The number of hydrogen-bond donors (Lipinski definition) is 1. The highest BCUT2D eigenvalue weighted by Crippen LogP contribution is 2.34. The Hall–Kier alpha value is -3.31. The molecule has 0 saturated heterocycles. The van der Waals surface area contributed by atoms with Crippen molar-refractivity contribution in [2.45, 2.75) is 13.8 Å². The summed E-state index contributed by atoms with van der Waals surface area (Å²) < 4.78 is 29.8. The number of carbonyl (C=O) groups is 3. The van der Waals surface area contributed by atoms with E-state index in [0.29, 0.717) is 11.2 Å². The summed E-state index contributed by atoms with van der Waals surface area (Å²) in [6.45, 7) is 3.60. The van der Waals surface area contributed by atoms with Gasteiger partial charge in [-0.05, 0) is 31.5 Å². The number of esters is 2. The van der Waals surface area contributed by atoms with Gasteiger partial charge in [-0.2, -0.15) is 0 Å². The number of nitrogens with one attached hydrogen (secondary N) is 1. The van der Waals surface area contributed by atoms with Gasteiger partial charge >= 0.3 is 11.9 Å². The fraction of sp³-hybridized carbons (Fsp3) is 0.300. The summed E-state index contributed by atoms with van der Waals surface area (Å²) >= 11 is 0.896. The van der Waals surface area contributed by atoms with E-state index in [0.717, 1.165) is 11.3 Å². The number of pyridine rings is 1. The van der Waals surface area contributed by atoms with Gasteiger partial charge in [0.25, 0.3) is 5.91 Å². The van der Waals surface area contributed by atoms with Gasteiger partial charge in [-0.25, -0.2) is 19.0 Å². The highest BCUT2D eigenvalue weighted by Gasteiger charge is 2.28. The maximum absolute atomic E-state index is 13.4. The lowest BCUT2D eigenvalue weighted by Crippen LogP contribution is -2.15. The highest BCUT2D eigenvalue weighted by molar-refractivity contribution is 7.18. The smallest absolute Gasteiger partial charge is 0.348 e. The molecule has 9 nitrogen and oxygen atoms in total. The van der Waals surface area contributed by atoms with Crippen molar-refractivity contribution in [2.24, 2.45) is 0 Å². The van der Waals surface area contributed by atoms with Crippen molar-refractivity contribution in [1.82, 2.24) is 9.38 Å². The Kier molecular flexibility index (Phi) is 6.98. The predicted octanol–water partition coefficient (Wildman–Crippen LogP) is 3.08. The molecule has 0 radical (unpaired) electrons. The minimum Gasteiger partial charge on any atom is -0.462 e. The summed E-state index contributed by atoms with van der Waals surface area (Å²) in [5, 5.41) is 2.73. The number of anilines is 1. The second kappa shape index (κ2) is 9.67. The van der Waals surface area contributed by atoms with E-state index in [4.69, 9.17) is 14.2 Å². The van der Waals surface area contributed by atoms with Crippen LogP contribution in [0.15, 0.2) is 24.5 Å². The van der Waals surface area contributed by atoms with E-state index >= 15 is 0 Å². The first-order valence-electron chi connectivity index (χ1n) is 9.27. The lowest BCUT2D eigenvalue weighted by Gasteiger charge is -2.06. The second-order valence-electron chi connectivity index (χ2n) is 6.30. The second-order valence-corrected chi connectivity index (χ2v) is 7.32.